The van der Waals surface area contributed by atoms with Gasteiger partial charge >= 0.3 is 6.03 Å². The number of aromatic nitrogens is 5. The van der Waals surface area contributed by atoms with E-state index in [4.69, 9.17) is 11.6 Å². The van der Waals surface area contributed by atoms with E-state index < -0.39 is 0 Å². The molecule has 0 aliphatic carbocycles. The van der Waals surface area contributed by atoms with Crippen molar-refractivity contribution in [1.82, 2.24) is 29.7 Å². The van der Waals surface area contributed by atoms with Crippen LogP contribution < -0.4 is 5.32 Å². The van der Waals surface area contributed by atoms with Crippen LogP contribution in [0.1, 0.15) is 17.0 Å². The zero-order valence-corrected chi connectivity index (χ0v) is 17.4. The number of hydrogen-bond acceptors (Lipinski definition) is 4. The summed E-state index contributed by atoms with van der Waals surface area (Å²) in [5.41, 5.74) is 4.53. The van der Waals surface area contributed by atoms with Crippen molar-refractivity contribution < 1.29 is 4.79 Å². The first-order chi connectivity index (χ1) is 15.2. The van der Waals surface area contributed by atoms with Gasteiger partial charge in [-0.3, -0.25) is 4.68 Å². The number of benzene rings is 2. The molecular formula is C22H20ClN7O. The Morgan fingerprint density at radius 2 is 1.90 bits per heavy atom. The lowest BCUT2D eigenvalue weighted by Crippen LogP contribution is -2.39. The molecule has 1 N–H and O–H groups in total. The van der Waals surface area contributed by atoms with Gasteiger partial charge in [0.15, 0.2) is 0 Å². The Labute approximate surface area is 184 Å². The predicted molar refractivity (Wildman–Crippen MR) is 117 cm³/mol. The Hall–Kier alpha value is -3.65. The number of urea groups is 1. The van der Waals surface area contributed by atoms with Gasteiger partial charge in [0.25, 0.3) is 0 Å². The van der Waals surface area contributed by atoms with Crippen molar-refractivity contribution in [2.45, 2.75) is 19.5 Å². The van der Waals surface area contributed by atoms with Crippen LogP contribution in [0.25, 0.3) is 5.69 Å². The molecule has 0 bridgehead atoms. The summed E-state index contributed by atoms with van der Waals surface area (Å²) in [7, 11) is 0. The first kappa shape index (κ1) is 19.3. The lowest BCUT2D eigenvalue weighted by Gasteiger charge is -2.27. The van der Waals surface area contributed by atoms with Gasteiger partial charge in [0.1, 0.15) is 5.69 Å². The number of nitrogens with one attached hydrogen (secondary N) is 1. The molecule has 2 aromatic carbocycles. The maximum Gasteiger partial charge on any atom is 0.322 e. The van der Waals surface area contributed by atoms with Crippen LogP contribution >= 0.6 is 11.6 Å². The molecule has 3 heterocycles. The van der Waals surface area contributed by atoms with Gasteiger partial charge in [-0.15, -0.1) is 5.10 Å². The second-order valence-electron chi connectivity index (χ2n) is 7.35. The van der Waals surface area contributed by atoms with Crippen LogP contribution in [-0.4, -0.2) is 42.3 Å². The van der Waals surface area contributed by atoms with Crippen molar-refractivity contribution in [2.75, 3.05) is 11.9 Å². The Bertz CT molecular complexity index is 1220. The van der Waals surface area contributed by atoms with E-state index >= 15 is 0 Å². The molecule has 0 saturated carbocycles. The molecule has 0 unspecified atom stereocenters. The molecule has 156 valence electrons. The summed E-state index contributed by atoms with van der Waals surface area (Å²) in [4.78, 5) is 14.4. The number of para-hydroxylation sites is 2. The molecule has 0 saturated heterocycles. The molecule has 2 aromatic heterocycles. The summed E-state index contributed by atoms with van der Waals surface area (Å²) in [5, 5.41) is 16.5. The zero-order chi connectivity index (χ0) is 21.2. The minimum absolute atomic E-state index is 0.104. The summed E-state index contributed by atoms with van der Waals surface area (Å²) in [6.07, 6.45) is 4.42. The highest BCUT2D eigenvalue weighted by Gasteiger charge is 2.24. The summed E-state index contributed by atoms with van der Waals surface area (Å²) >= 11 is 6.25. The highest BCUT2D eigenvalue weighted by molar-refractivity contribution is 6.32. The maximum absolute atomic E-state index is 12.6. The monoisotopic (exact) mass is 433 g/mol. The number of carbonyl (C=O) groups excluding carboxylic acids is 1. The SMILES string of the molecule is O=C(Nc1ccccc1)N1CCc2c(cnn2Cc2cn(-c3ccccc3Cl)nn2)C1. The van der Waals surface area contributed by atoms with Gasteiger partial charge in [-0.25, -0.2) is 9.48 Å². The molecule has 9 heteroatoms. The molecule has 2 amide bonds. The van der Waals surface area contributed by atoms with E-state index in [1.54, 1.807) is 9.58 Å². The largest absolute Gasteiger partial charge is 0.322 e. The smallest absolute Gasteiger partial charge is 0.320 e. The minimum atomic E-state index is -0.104. The Balaban J connectivity index is 1.27. The van der Waals surface area contributed by atoms with Crippen LogP contribution in [0, 0.1) is 0 Å². The topological polar surface area (TPSA) is 80.9 Å². The van der Waals surface area contributed by atoms with Crippen LogP contribution in [0.4, 0.5) is 10.5 Å². The molecule has 1 aliphatic rings. The van der Waals surface area contributed by atoms with E-state index in [0.29, 0.717) is 24.7 Å². The van der Waals surface area contributed by atoms with Crippen LogP contribution in [0.5, 0.6) is 0 Å². The fourth-order valence-corrected chi connectivity index (χ4v) is 3.93. The Morgan fingerprint density at radius 3 is 2.74 bits per heavy atom. The number of anilines is 1. The molecule has 4 aromatic rings. The normalized spacial score (nSPS) is 13.1. The van der Waals surface area contributed by atoms with Gasteiger partial charge < -0.3 is 10.2 Å². The maximum atomic E-state index is 12.6. The number of nitrogens with zero attached hydrogens (tertiary/aromatic N) is 6. The van der Waals surface area contributed by atoms with Gasteiger partial charge in [-0.05, 0) is 24.3 Å². The van der Waals surface area contributed by atoms with Crippen molar-refractivity contribution >= 4 is 23.3 Å². The average molecular weight is 434 g/mol. The third kappa shape index (κ3) is 4.02. The number of carbonyl (C=O) groups is 1. The fraction of sp³-hybridized carbons (Fsp3) is 0.182. The average Bonchev–Trinajstić information content (AvgIpc) is 3.42. The minimum Gasteiger partial charge on any atom is -0.320 e. The van der Waals surface area contributed by atoms with Gasteiger partial charge in [0.05, 0.1) is 36.2 Å². The first-order valence-corrected chi connectivity index (χ1v) is 10.4. The van der Waals surface area contributed by atoms with Crippen LogP contribution in [0.15, 0.2) is 67.0 Å². The van der Waals surface area contributed by atoms with E-state index in [1.807, 2.05) is 71.7 Å². The molecule has 31 heavy (non-hydrogen) atoms. The van der Waals surface area contributed by atoms with Gasteiger partial charge in [-0.1, -0.05) is 47.1 Å². The summed E-state index contributed by atoms with van der Waals surface area (Å²) < 4.78 is 3.60. The number of amides is 2. The lowest BCUT2D eigenvalue weighted by molar-refractivity contribution is 0.205. The summed E-state index contributed by atoms with van der Waals surface area (Å²) in [5.74, 6) is 0. The quantitative estimate of drug-likeness (QED) is 0.531. The van der Waals surface area contributed by atoms with Gasteiger partial charge in [0, 0.05) is 29.9 Å². The Kier molecular flexibility index (Phi) is 5.13. The van der Waals surface area contributed by atoms with Gasteiger partial charge in [0.2, 0.25) is 0 Å². The van der Waals surface area contributed by atoms with Crippen LogP contribution in [0.2, 0.25) is 5.02 Å². The third-order valence-electron chi connectivity index (χ3n) is 5.28. The molecule has 0 spiro atoms. The lowest BCUT2D eigenvalue weighted by atomic mass is 10.1. The van der Waals surface area contributed by atoms with Crippen molar-refractivity contribution in [1.29, 1.82) is 0 Å². The summed E-state index contributed by atoms with van der Waals surface area (Å²) in [6, 6.07) is 16.9. The molecule has 8 nitrogen and oxygen atoms in total. The van der Waals surface area contributed by atoms with Crippen molar-refractivity contribution in [3.05, 3.63) is 89.0 Å². The van der Waals surface area contributed by atoms with E-state index in [-0.39, 0.29) is 6.03 Å². The predicted octanol–water partition coefficient (Wildman–Crippen LogP) is 3.76. The third-order valence-corrected chi connectivity index (χ3v) is 5.60. The van der Waals surface area contributed by atoms with Crippen LogP contribution in [0.3, 0.4) is 0 Å². The molecule has 0 fully saturated rings. The van der Waals surface area contributed by atoms with E-state index in [2.05, 4.69) is 20.7 Å². The van der Waals surface area contributed by atoms with E-state index in [0.717, 1.165) is 34.7 Å². The second kappa shape index (κ2) is 8.23. The molecule has 0 radical (unpaired) electrons. The van der Waals surface area contributed by atoms with E-state index in [1.165, 1.54) is 0 Å². The van der Waals surface area contributed by atoms with E-state index in [9.17, 15) is 4.79 Å². The highest BCUT2D eigenvalue weighted by Crippen LogP contribution is 2.22. The number of halogens is 1. The van der Waals surface area contributed by atoms with Crippen molar-refractivity contribution in [3.8, 4) is 5.69 Å². The summed E-state index contributed by atoms with van der Waals surface area (Å²) in [6.45, 7) is 1.67. The Morgan fingerprint density at radius 1 is 1.10 bits per heavy atom. The molecule has 1 aliphatic heterocycles. The first-order valence-electron chi connectivity index (χ1n) is 9.98. The molecular weight excluding hydrogens is 414 g/mol. The number of rotatable bonds is 4. The zero-order valence-electron chi connectivity index (χ0n) is 16.6. The van der Waals surface area contributed by atoms with Gasteiger partial charge in [-0.2, -0.15) is 5.10 Å². The molecule has 5 rings (SSSR count). The highest BCUT2D eigenvalue weighted by atomic mass is 35.5. The van der Waals surface area contributed by atoms with Crippen molar-refractivity contribution in [3.63, 3.8) is 0 Å². The second-order valence-corrected chi connectivity index (χ2v) is 7.75. The number of fused-ring (bicyclic) bond motifs is 1. The van der Waals surface area contributed by atoms with Crippen LogP contribution in [-0.2, 0) is 19.5 Å². The standard InChI is InChI=1S/C22H20ClN7O/c23-19-8-4-5-9-21(19)30-15-18(26-27-30)14-29-20-10-11-28(13-16(20)12-24-29)22(31)25-17-6-2-1-3-7-17/h1-9,12,15H,10-11,13-14H2,(H,25,31). The molecule has 0 atom stereocenters. The number of hydrogen-bond donors (Lipinski definition) is 1. The fourth-order valence-electron chi connectivity index (χ4n) is 3.71. The van der Waals surface area contributed by atoms with Crippen molar-refractivity contribution in [2.24, 2.45) is 0 Å².